The number of rotatable bonds is 5. The van der Waals surface area contributed by atoms with Gasteiger partial charge in [-0.2, -0.15) is 0 Å². The van der Waals surface area contributed by atoms with Crippen LogP contribution in [-0.4, -0.2) is 19.7 Å². The van der Waals surface area contributed by atoms with Crippen LogP contribution in [0.25, 0.3) is 0 Å². The molecule has 0 saturated heterocycles. The van der Waals surface area contributed by atoms with Crippen molar-refractivity contribution in [2.75, 3.05) is 0 Å². The van der Waals surface area contributed by atoms with E-state index in [2.05, 4.69) is 5.32 Å². The van der Waals surface area contributed by atoms with Gasteiger partial charge in [0.05, 0.1) is 5.25 Å². The Bertz CT molecular complexity index is 433. The van der Waals surface area contributed by atoms with Crippen LogP contribution in [0.3, 0.4) is 0 Å². The summed E-state index contributed by atoms with van der Waals surface area (Å²) in [6.07, 6.45) is 0. The molecule has 0 unspecified atom stereocenters. The van der Waals surface area contributed by atoms with Gasteiger partial charge < -0.3 is 5.32 Å². The number of nitrogens with one attached hydrogen (secondary N) is 1. The molecule has 0 aliphatic carbocycles. The molecule has 16 heavy (non-hydrogen) atoms. The molecule has 0 spiro atoms. The van der Waals surface area contributed by atoms with Crippen molar-refractivity contribution >= 4 is 21.2 Å². The molecule has 0 fully saturated rings. The molecular weight excluding hydrogens is 242 g/mol. The van der Waals surface area contributed by atoms with E-state index in [0.29, 0.717) is 16.8 Å². The summed E-state index contributed by atoms with van der Waals surface area (Å²) in [4.78, 5) is 0. The van der Waals surface area contributed by atoms with Crippen molar-refractivity contribution in [3.05, 3.63) is 17.0 Å². The lowest BCUT2D eigenvalue weighted by atomic mass is 10.3. The van der Waals surface area contributed by atoms with Crippen LogP contribution in [0, 0.1) is 0 Å². The van der Waals surface area contributed by atoms with Crippen molar-refractivity contribution in [1.29, 1.82) is 0 Å². The van der Waals surface area contributed by atoms with E-state index in [4.69, 9.17) is 0 Å². The Kier molecular flexibility index (Phi) is 4.52. The van der Waals surface area contributed by atoms with Crippen molar-refractivity contribution in [1.82, 2.24) is 5.32 Å². The lowest BCUT2D eigenvalue weighted by Crippen LogP contribution is -2.23. The second-order valence-electron chi connectivity index (χ2n) is 4.36. The molecule has 0 atom stereocenters. The van der Waals surface area contributed by atoms with Crippen LogP contribution < -0.4 is 5.32 Å². The Labute approximate surface area is 102 Å². The van der Waals surface area contributed by atoms with Gasteiger partial charge in [0.2, 0.25) is 0 Å². The minimum Gasteiger partial charge on any atom is -0.310 e. The molecule has 0 aliphatic heterocycles. The molecule has 1 N–H and O–H groups in total. The monoisotopic (exact) mass is 261 g/mol. The maximum Gasteiger partial charge on any atom is 0.190 e. The largest absolute Gasteiger partial charge is 0.310 e. The number of hydrogen-bond acceptors (Lipinski definition) is 4. The molecule has 0 saturated carbocycles. The molecule has 5 heteroatoms. The molecule has 0 radical (unpaired) electrons. The van der Waals surface area contributed by atoms with Crippen molar-refractivity contribution in [2.45, 2.75) is 49.7 Å². The van der Waals surface area contributed by atoms with Gasteiger partial charge in [-0.3, -0.25) is 0 Å². The molecule has 1 heterocycles. The van der Waals surface area contributed by atoms with Gasteiger partial charge in [0.1, 0.15) is 4.21 Å². The topological polar surface area (TPSA) is 46.2 Å². The zero-order valence-electron chi connectivity index (χ0n) is 10.1. The van der Waals surface area contributed by atoms with E-state index in [-0.39, 0.29) is 5.25 Å². The summed E-state index contributed by atoms with van der Waals surface area (Å²) in [5.41, 5.74) is 0.882. The van der Waals surface area contributed by atoms with Gasteiger partial charge in [-0.1, -0.05) is 13.8 Å². The normalized spacial score (nSPS) is 12.6. The molecule has 0 aromatic carbocycles. The first kappa shape index (κ1) is 13.7. The van der Waals surface area contributed by atoms with Gasteiger partial charge in [-0.05, 0) is 30.9 Å². The minimum absolute atomic E-state index is 0.356. The van der Waals surface area contributed by atoms with Gasteiger partial charge in [-0.15, -0.1) is 11.3 Å². The molecular formula is C11H19NO2S2. The molecule has 0 aliphatic rings. The fraction of sp³-hybridized carbons (Fsp3) is 0.636. The quantitative estimate of drug-likeness (QED) is 0.885. The maximum atomic E-state index is 12.0. The zero-order chi connectivity index (χ0) is 12.3. The van der Waals surface area contributed by atoms with Gasteiger partial charge in [-0.25, -0.2) is 8.42 Å². The molecule has 1 aromatic rings. The molecule has 0 amide bonds. The SMILES string of the molecule is CC(C)NCc1ccsc1S(=O)(=O)C(C)C. The van der Waals surface area contributed by atoms with Crippen LogP contribution in [0.15, 0.2) is 15.7 Å². The van der Waals surface area contributed by atoms with Crippen LogP contribution in [-0.2, 0) is 16.4 Å². The predicted octanol–water partition coefficient (Wildman–Crippen LogP) is 2.43. The highest BCUT2D eigenvalue weighted by Crippen LogP contribution is 2.26. The Morgan fingerprint density at radius 2 is 1.94 bits per heavy atom. The smallest absolute Gasteiger partial charge is 0.190 e. The third-order valence-electron chi connectivity index (χ3n) is 2.29. The van der Waals surface area contributed by atoms with Crippen LogP contribution >= 0.6 is 11.3 Å². The molecule has 92 valence electrons. The van der Waals surface area contributed by atoms with Crippen LogP contribution in [0.4, 0.5) is 0 Å². The van der Waals surface area contributed by atoms with Crippen LogP contribution in [0.2, 0.25) is 0 Å². The fourth-order valence-corrected chi connectivity index (χ4v) is 4.09. The van der Waals surface area contributed by atoms with Crippen molar-refractivity contribution in [2.24, 2.45) is 0 Å². The summed E-state index contributed by atoms with van der Waals surface area (Å²) in [6.45, 7) is 8.14. The second-order valence-corrected chi connectivity index (χ2v) is 7.98. The Balaban J connectivity index is 2.95. The summed E-state index contributed by atoms with van der Waals surface area (Å²) < 4.78 is 24.6. The first-order chi connectivity index (χ1) is 7.35. The second kappa shape index (κ2) is 5.29. The average molecular weight is 261 g/mol. The summed E-state index contributed by atoms with van der Waals surface area (Å²) >= 11 is 1.31. The first-order valence-corrected chi connectivity index (χ1v) is 7.82. The standard InChI is InChI=1S/C11H19NO2S2/c1-8(2)12-7-10-5-6-15-11(10)16(13,14)9(3)4/h5-6,8-9,12H,7H2,1-4H3. The summed E-state index contributed by atoms with van der Waals surface area (Å²) in [6, 6.07) is 2.24. The van der Waals surface area contributed by atoms with Gasteiger partial charge >= 0.3 is 0 Å². The fourth-order valence-electron chi connectivity index (χ4n) is 1.23. The third kappa shape index (κ3) is 3.06. The van der Waals surface area contributed by atoms with E-state index in [9.17, 15) is 8.42 Å². The average Bonchev–Trinajstić information content (AvgIpc) is 2.62. The highest BCUT2D eigenvalue weighted by Gasteiger charge is 2.23. The predicted molar refractivity (Wildman–Crippen MR) is 68.6 cm³/mol. The number of hydrogen-bond donors (Lipinski definition) is 1. The highest BCUT2D eigenvalue weighted by molar-refractivity contribution is 7.94. The first-order valence-electron chi connectivity index (χ1n) is 5.39. The van der Waals surface area contributed by atoms with E-state index in [1.807, 2.05) is 25.3 Å². The zero-order valence-corrected chi connectivity index (χ0v) is 11.8. The van der Waals surface area contributed by atoms with Crippen molar-refractivity contribution in [3.63, 3.8) is 0 Å². The summed E-state index contributed by atoms with van der Waals surface area (Å²) in [5, 5.41) is 4.72. The van der Waals surface area contributed by atoms with E-state index in [0.717, 1.165) is 5.56 Å². The lowest BCUT2D eigenvalue weighted by Gasteiger charge is -2.11. The molecule has 0 bridgehead atoms. The number of sulfone groups is 1. The Morgan fingerprint density at radius 1 is 1.31 bits per heavy atom. The number of thiophene rings is 1. The minimum atomic E-state index is -3.13. The molecule has 1 aromatic heterocycles. The molecule has 1 rings (SSSR count). The van der Waals surface area contributed by atoms with E-state index >= 15 is 0 Å². The van der Waals surface area contributed by atoms with Crippen molar-refractivity contribution < 1.29 is 8.42 Å². The van der Waals surface area contributed by atoms with Gasteiger partial charge in [0, 0.05) is 12.6 Å². The molecule has 3 nitrogen and oxygen atoms in total. The van der Waals surface area contributed by atoms with Crippen LogP contribution in [0.5, 0.6) is 0 Å². The third-order valence-corrected chi connectivity index (χ3v) is 6.04. The van der Waals surface area contributed by atoms with Gasteiger partial charge in [0.25, 0.3) is 0 Å². The Hall–Kier alpha value is -0.390. The summed E-state index contributed by atoms with van der Waals surface area (Å²) in [7, 11) is -3.13. The van der Waals surface area contributed by atoms with Crippen molar-refractivity contribution in [3.8, 4) is 0 Å². The van der Waals surface area contributed by atoms with E-state index in [1.165, 1.54) is 11.3 Å². The lowest BCUT2D eigenvalue weighted by molar-refractivity contribution is 0.575. The highest BCUT2D eigenvalue weighted by atomic mass is 32.2. The Morgan fingerprint density at radius 3 is 2.44 bits per heavy atom. The maximum absolute atomic E-state index is 12.0. The summed E-state index contributed by atoms with van der Waals surface area (Å²) in [5.74, 6) is 0. The van der Waals surface area contributed by atoms with E-state index < -0.39 is 9.84 Å². The van der Waals surface area contributed by atoms with Gasteiger partial charge in [0.15, 0.2) is 9.84 Å². The van der Waals surface area contributed by atoms with Crippen LogP contribution in [0.1, 0.15) is 33.3 Å². The van der Waals surface area contributed by atoms with E-state index in [1.54, 1.807) is 13.8 Å².